The molecule has 0 fully saturated rings. The monoisotopic (exact) mass is 446 g/mol. The van der Waals surface area contributed by atoms with E-state index in [9.17, 15) is 20.1 Å². The normalized spacial score (nSPS) is 9.53. The number of ether oxygens (including phenoxy) is 2. The molecule has 3 aromatic rings. The Morgan fingerprint density at radius 2 is 0.971 bits per heavy atom. The zero-order valence-corrected chi connectivity index (χ0v) is 17.6. The van der Waals surface area contributed by atoms with Crippen molar-refractivity contribution in [2.24, 2.45) is 0 Å². The molecule has 3 rings (SSSR count). The lowest BCUT2D eigenvalue weighted by molar-refractivity contribution is 0.0458. The number of carbonyl (C=O) groups is 2. The standard InChI is InChI=1S/C26H14N4O4/c27-11-17-1-3-21(23(9-17)13-29)15-33-25(31)19-5-7-20(8-6-19)26(32)34-16-22-4-2-18(12-28)10-24(22)14-30/h1-10H,15-16H2. The Morgan fingerprint density at radius 3 is 1.29 bits per heavy atom. The van der Waals surface area contributed by atoms with Crippen molar-refractivity contribution >= 4 is 11.9 Å². The van der Waals surface area contributed by atoms with Gasteiger partial charge in [-0.2, -0.15) is 21.0 Å². The van der Waals surface area contributed by atoms with Gasteiger partial charge < -0.3 is 9.47 Å². The minimum absolute atomic E-state index is 0.150. The molecule has 162 valence electrons. The molecule has 0 aromatic heterocycles. The molecule has 3 aromatic carbocycles. The Bertz CT molecular complexity index is 1320. The fraction of sp³-hybridized carbons (Fsp3) is 0.0769. The van der Waals surface area contributed by atoms with Crippen LogP contribution in [0.1, 0.15) is 54.1 Å². The van der Waals surface area contributed by atoms with Gasteiger partial charge in [-0.15, -0.1) is 0 Å². The fourth-order valence-corrected chi connectivity index (χ4v) is 2.95. The van der Waals surface area contributed by atoms with Crippen molar-refractivity contribution in [3.8, 4) is 24.3 Å². The first kappa shape index (κ1) is 23.2. The summed E-state index contributed by atoms with van der Waals surface area (Å²) in [6, 6.07) is 22.4. The molecule has 0 radical (unpaired) electrons. The van der Waals surface area contributed by atoms with E-state index in [-0.39, 0.29) is 35.5 Å². The van der Waals surface area contributed by atoms with Gasteiger partial charge in [0.2, 0.25) is 0 Å². The molecule has 0 saturated heterocycles. The molecule has 8 nitrogen and oxygen atoms in total. The van der Waals surface area contributed by atoms with Crippen LogP contribution in [0.5, 0.6) is 0 Å². The van der Waals surface area contributed by atoms with Crippen LogP contribution in [-0.4, -0.2) is 11.9 Å². The topological polar surface area (TPSA) is 148 Å². The van der Waals surface area contributed by atoms with Crippen molar-refractivity contribution in [3.05, 3.63) is 105 Å². The van der Waals surface area contributed by atoms with Gasteiger partial charge >= 0.3 is 11.9 Å². The molecule has 0 saturated carbocycles. The van der Waals surface area contributed by atoms with Crippen LogP contribution in [0.4, 0.5) is 0 Å². The van der Waals surface area contributed by atoms with Crippen LogP contribution in [0.15, 0.2) is 60.7 Å². The van der Waals surface area contributed by atoms with Gasteiger partial charge in [0.15, 0.2) is 0 Å². The number of nitrogens with zero attached hydrogens (tertiary/aromatic N) is 4. The lowest BCUT2D eigenvalue weighted by Gasteiger charge is -2.08. The van der Waals surface area contributed by atoms with E-state index in [1.54, 1.807) is 12.1 Å². The Morgan fingerprint density at radius 1 is 0.588 bits per heavy atom. The zero-order valence-electron chi connectivity index (χ0n) is 17.6. The third kappa shape index (κ3) is 5.42. The average Bonchev–Trinajstić information content (AvgIpc) is 2.90. The molecule has 34 heavy (non-hydrogen) atoms. The highest BCUT2D eigenvalue weighted by Gasteiger charge is 2.14. The lowest BCUT2D eigenvalue weighted by Crippen LogP contribution is -2.09. The number of nitriles is 4. The van der Waals surface area contributed by atoms with Gasteiger partial charge in [-0.05, 0) is 48.5 Å². The number of hydrogen-bond acceptors (Lipinski definition) is 8. The molecule has 0 atom stereocenters. The van der Waals surface area contributed by atoms with Crippen LogP contribution in [-0.2, 0) is 22.7 Å². The van der Waals surface area contributed by atoms with Gasteiger partial charge in [0.25, 0.3) is 0 Å². The average molecular weight is 446 g/mol. The predicted octanol–water partition coefficient (Wildman–Crippen LogP) is 3.89. The molecule has 0 aliphatic carbocycles. The summed E-state index contributed by atoms with van der Waals surface area (Å²) in [5.41, 5.74) is 2.47. The molecule has 0 amide bonds. The molecule has 0 aliphatic rings. The molecule has 0 unspecified atom stereocenters. The summed E-state index contributed by atoms with van der Waals surface area (Å²) in [4.78, 5) is 24.7. The number of rotatable bonds is 6. The van der Waals surface area contributed by atoms with Gasteiger partial charge in [0.05, 0.1) is 57.7 Å². The largest absolute Gasteiger partial charge is 0.457 e. The summed E-state index contributed by atoms with van der Waals surface area (Å²) in [5.74, 6) is -1.30. The van der Waals surface area contributed by atoms with Gasteiger partial charge in [-0.3, -0.25) is 0 Å². The summed E-state index contributed by atoms with van der Waals surface area (Å²) < 4.78 is 10.5. The summed E-state index contributed by atoms with van der Waals surface area (Å²) in [6.07, 6.45) is 0. The first-order valence-corrected chi connectivity index (χ1v) is 9.79. The number of esters is 2. The molecule has 0 aliphatic heterocycles. The van der Waals surface area contributed by atoms with Gasteiger partial charge in [-0.25, -0.2) is 9.59 Å². The highest BCUT2D eigenvalue weighted by molar-refractivity contribution is 5.93. The molecule has 0 heterocycles. The van der Waals surface area contributed by atoms with Gasteiger partial charge in [0.1, 0.15) is 13.2 Å². The Kier molecular flexibility index (Phi) is 7.33. The minimum Gasteiger partial charge on any atom is -0.457 e. The van der Waals surface area contributed by atoms with Crippen LogP contribution in [0, 0.1) is 45.3 Å². The predicted molar refractivity (Wildman–Crippen MR) is 116 cm³/mol. The van der Waals surface area contributed by atoms with Gasteiger partial charge in [-0.1, -0.05) is 12.1 Å². The van der Waals surface area contributed by atoms with Crippen LogP contribution in [0.3, 0.4) is 0 Å². The van der Waals surface area contributed by atoms with Crippen LogP contribution >= 0.6 is 0 Å². The molecule has 0 bridgehead atoms. The highest BCUT2D eigenvalue weighted by atomic mass is 16.5. The summed E-state index contributed by atoms with van der Waals surface area (Å²) in [7, 11) is 0. The third-order valence-corrected chi connectivity index (χ3v) is 4.79. The minimum atomic E-state index is -0.649. The quantitative estimate of drug-likeness (QED) is 0.518. The maximum Gasteiger partial charge on any atom is 0.338 e. The molecule has 0 N–H and O–H groups in total. The van der Waals surface area contributed by atoms with Crippen molar-refractivity contribution in [1.29, 1.82) is 21.0 Å². The second-order valence-electron chi connectivity index (χ2n) is 6.92. The Balaban J connectivity index is 1.60. The molecular weight excluding hydrogens is 432 g/mol. The highest BCUT2D eigenvalue weighted by Crippen LogP contribution is 2.16. The van der Waals surface area contributed by atoms with E-state index < -0.39 is 11.9 Å². The maximum atomic E-state index is 12.3. The van der Waals surface area contributed by atoms with Crippen molar-refractivity contribution < 1.29 is 19.1 Å². The lowest BCUT2D eigenvalue weighted by atomic mass is 10.1. The number of benzene rings is 3. The molecule has 0 spiro atoms. The fourth-order valence-electron chi connectivity index (χ4n) is 2.95. The second kappa shape index (κ2) is 10.7. The van der Waals surface area contributed by atoms with E-state index in [1.165, 1.54) is 48.5 Å². The first-order chi connectivity index (χ1) is 16.5. The van der Waals surface area contributed by atoms with Crippen LogP contribution in [0.25, 0.3) is 0 Å². The van der Waals surface area contributed by atoms with Crippen molar-refractivity contribution in [3.63, 3.8) is 0 Å². The number of hydrogen-bond donors (Lipinski definition) is 0. The number of carbonyl (C=O) groups excluding carboxylic acids is 2. The van der Waals surface area contributed by atoms with Crippen LogP contribution < -0.4 is 0 Å². The van der Waals surface area contributed by atoms with Crippen molar-refractivity contribution in [1.82, 2.24) is 0 Å². The van der Waals surface area contributed by atoms with E-state index >= 15 is 0 Å². The van der Waals surface area contributed by atoms with Gasteiger partial charge in [0, 0.05) is 11.1 Å². The van der Waals surface area contributed by atoms with Crippen molar-refractivity contribution in [2.75, 3.05) is 0 Å². The first-order valence-electron chi connectivity index (χ1n) is 9.79. The third-order valence-electron chi connectivity index (χ3n) is 4.79. The zero-order chi connectivity index (χ0) is 24.5. The van der Waals surface area contributed by atoms with E-state index in [1.807, 2.05) is 24.3 Å². The second-order valence-corrected chi connectivity index (χ2v) is 6.92. The van der Waals surface area contributed by atoms with E-state index in [2.05, 4.69) is 0 Å². The Labute approximate surface area is 195 Å². The van der Waals surface area contributed by atoms with E-state index in [0.29, 0.717) is 22.3 Å². The SMILES string of the molecule is N#Cc1ccc(COC(=O)c2ccc(C(=O)OCc3ccc(C#N)cc3C#N)cc2)c(C#N)c1. The van der Waals surface area contributed by atoms with Crippen LogP contribution in [0.2, 0.25) is 0 Å². The smallest absolute Gasteiger partial charge is 0.338 e. The van der Waals surface area contributed by atoms with E-state index in [0.717, 1.165) is 0 Å². The Hall–Kier alpha value is -5.44. The molecular formula is C26H14N4O4. The summed E-state index contributed by atoms with van der Waals surface area (Å²) in [5, 5.41) is 36.2. The maximum absolute atomic E-state index is 12.3. The van der Waals surface area contributed by atoms with E-state index in [4.69, 9.17) is 20.0 Å². The van der Waals surface area contributed by atoms with Crippen molar-refractivity contribution in [2.45, 2.75) is 13.2 Å². The molecule has 8 heteroatoms. The summed E-state index contributed by atoms with van der Waals surface area (Å²) >= 11 is 0. The summed E-state index contributed by atoms with van der Waals surface area (Å²) in [6.45, 7) is -0.300.